The van der Waals surface area contributed by atoms with Crippen molar-refractivity contribution in [2.24, 2.45) is 0 Å². The van der Waals surface area contributed by atoms with Crippen LogP contribution in [0.3, 0.4) is 0 Å². The molecule has 254 valence electrons. The number of anilines is 6. The van der Waals surface area contributed by atoms with Gasteiger partial charge in [-0.15, -0.1) is 0 Å². The van der Waals surface area contributed by atoms with Crippen LogP contribution in [-0.2, 0) is 0 Å². The highest BCUT2D eigenvalue weighted by Gasteiger charge is 2.16. The molecule has 0 aromatic heterocycles. The topological polar surface area (TPSA) is 6.48 Å². The number of fused-ring (bicyclic) bond motifs is 1. The molecule has 8 aromatic rings. The molecule has 0 saturated carbocycles. The Labute approximate surface area is 308 Å². The lowest BCUT2D eigenvalue weighted by Crippen LogP contribution is -2.10. The molecule has 8 aromatic carbocycles. The van der Waals surface area contributed by atoms with Crippen LogP contribution in [0.2, 0.25) is 0 Å². The minimum atomic E-state index is 1.14. The monoisotopic (exact) mass is 672 g/mol. The van der Waals surface area contributed by atoms with E-state index in [4.69, 9.17) is 0 Å². The maximum Gasteiger partial charge on any atom is 0.0468 e. The quantitative estimate of drug-likeness (QED) is 0.166. The molecule has 0 aliphatic heterocycles. The molecule has 0 spiro atoms. The fourth-order valence-electron chi connectivity index (χ4n) is 6.43. The first-order valence-corrected chi connectivity index (χ1v) is 17.9. The van der Waals surface area contributed by atoms with Crippen molar-refractivity contribution in [3.05, 3.63) is 216 Å². The minimum absolute atomic E-state index is 1.14. The molecule has 2 nitrogen and oxygen atoms in total. The SMILES string of the molecule is Cc1ccc(N(c2ccc(C)cc2)c2ccc3cc(N(c4ccc(C)cc4)c4ccc(C)cc4)ccc3c2)cc1.c1ccc(-c2ccccc2)cc1. The summed E-state index contributed by atoms with van der Waals surface area (Å²) in [4.78, 5) is 4.66. The Balaban J connectivity index is 0.000000295. The molecule has 0 bridgehead atoms. The first kappa shape index (κ1) is 34.1. The van der Waals surface area contributed by atoms with Gasteiger partial charge in [0.05, 0.1) is 0 Å². The molecule has 0 saturated heterocycles. The van der Waals surface area contributed by atoms with Gasteiger partial charge in [-0.1, -0.05) is 144 Å². The van der Waals surface area contributed by atoms with E-state index in [9.17, 15) is 0 Å². The maximum absolute atomic E-state index is 2.33. The van der Waals surface area contributed by atoms with Crippen LogP contribution < -0.4 is 9.80 Å². The van der Waals surface area contributed by atoms with E-state index in [1.54, 1.807) is 0 Å². The lowest BCUT2D eigenvalue weighted by Gasteiger charge is -2.27. The summed E-state index contributed by atoms with van der Waals surface area (Å²) in [6.45, 7) is 8.52. The van der Waals surface area contributed by atoms with Gasteiger partial charge in [0.2, 0.25) is 0 Å². The Kier molecular flexibility index (Phi) is 10.3. The zero-order chi connectivity index (χ0) is 35.9. The molecule has 0 unspecified atom stereocenters. The number of hydrogen-bond donors (Lipinski definition) is 0. The van der Waals surface area contributed by atoms with E-state index < -0.39 is 0 Å². The zero-order valence-electron chi connectivity index (χ0n) is 30.4. The highest BCUT2D eigenvalue weighted by Crippen LogP contribution is 2.39. The summed E-state index contributed by atoms with van der Waals surface area (Å²) in [6, 6.07) is 69.3. The van der Waals surface area contributed by atoms with E-state index in [0.29, 0.717) is 0 Å². The van der Waals surface area contributed by atoms with E-state index >= 15 is 0 Å². The third-order valence-corrected chi connectivity index (χ3v) is 9.37. The molecule has 0 atom stereocenters. The molecule has 0 radical (unpaired) electrons. The van der Waals surface area contributed by atoms with Gasteiger partial charge in [-0.2, -0.15) is 0 Å². The van der Waals surface area contributed by atoms with Crippen molar-refractivity contribution in [1.29, 1.82) is 0 Å². The third kappa shape index (κ3) is 7.98. The predicted octanol–water partition coefficient (Wildman–Crippen LogP) is 14.4. The van der Waals surface area contributed by atoms with Gasteiger partial charge in [-0.3, -0.25) is 0 Å². The Morgan fingerprint density at radius 3 is 0.769 bits per heavy atom. The molecule has 0 aliphatic carbocycles. The van der Waals surface area contributed by atoms with Crippen LogP contribution >= 0.6 is 0 Å². The predicted molar refractivity (Wildman–Crippen MR) is 224 cm³/mol. The Bertz CT molecular complexity index is 2080. The molecule has 0 amide bonds. The van der Waals surface area contributed by atoms with Crippen LogP contribution in [0.4, 0.5) is 34.1 Å². The second-order valence-corrected chi connectivity index (χ2v) is 13.5. The van der Waals surface area contributed by atoms with Crippen molar-refractivity contribution < 1.29 is 0 Å². The van der Waals surface area contributed by atoms with Gasteiger partial charge in [-0.25, -0.2) is 0 Å². The number of aryl methyl sites for hydroxylation is 4. The van der Waals surface area contributed by atoms with E-state index in [1.165, 1.54) is 44.2 Å². The zero-order valence-corrected chi connectivity index (χ0v) is 30.4. The van der Waals surface area contributed by atoms with Gasteiger partial charge in [0.1, 0.15) is 0 Å². The summed E-state index contributed by atoms with van der Waals surface area (Å²) >= 11 is 0. The second-order valence-electron chi connectivity index (χ2n) is 13.5. The number of rotatable bonds is 7. The summed E-state index contributed by atoms with van der Waals surface area (Å²) < 4.78 is 0. The van der Waals surface area contributed by atoms with Gasteiger partial charge < -0.3 is 9.80 Å². The largest absolute Gasteiger partial charge is 0.310 e. The summed E-state index contributed by atoms with van der Waals surface area (Å²) in [5.74, 6) is 0. The van der Waals surface area contributed by atoms with Crippen LogP contribution in [-0.4, -0.2) is 0 Å². The second kappa shape index (κ2) is 15.7. The Morgan fingerprint density at radius 1 is 0.250 bits per heavy atom. The number of nitrogens with zero attached hydrogens (tertiary/aromatic N) is 2. The fraction of sp³-hybridized carbons (Fsp3) is 0.0800. The smallest absolute Gasteiger partial charge is 0.0468 e. The summed E-state index contributed by atoms with van der Waals surface area (Å²) in [7, 11) is 0. The van der Waals surface area contributed by atoms with E-state index in [0.717, 1.165) is 34.1 Å². The maximum atomic E-state index is 2.33. The van der Waals surface area contributed by atoms with E-state index in [-0.39, 0.29) is 0 Å². The van der Waals surface area contributed by atoms with Crippen molar-refractivity contribution in [3.8, 4) is 11.1 Å². The summed E-state index contributed by atoms with van der Waals surface area (Å²) in [5, 5.41) is 2.41. The highest BCUT2D eigenvalue weighted by molar-refractivity contribution is 5.93. The first-order chi connectivity index (χ1) is 25.4. The van der Waals surface area contributed by atoms with Gasteiger partial charge in [0, 0.05) is 34.1 Å². The molecule has 8 rings (SSSR count). The molecular weight excluding hydrogens is 629 g/mol. The summed E-state index contributed by atoms with van der Waals surface area (Å²) in [6.07, 6.45) is 0. The van der Waals surface area contributed by atoms with Crippen LogP contribution in [0, 0.1) is 27.7 Å². The molecular formula is C50H44N2. The molecule has 2 heteroatoms. The minimum Gasteiger partial charge on any atom is -0.310 e. The average Bonchev–Trinajstić information content (AvgIpc) is 3.19. The van der Waals surface area contributed by atoms with Gasteiger partial charge in [0.15, 0.2) is 0 Å². The van der Waals surface area contributed by atoms with Gasteiger partial charge in [0.25, 0.3) is 0 Å². The molecule has 0 heterocycles. The van der Waals surface area contributed by atoms with Crippen molar-refractivity contribution in [1.82, 2.24) is 0 Å². The van der Waals surface area contributed by atoms with Crippen LogP contribution in [0.1, 0.15) is 22.3 Å². The molecule has 52 heavy (non-hydrogen) atoms. The summed E-state index contributed by atoms with van der Waals surface area (Å²) in [5.41, 5.74) is 14.4. The molecule has 0 N–H and O–H groups in total. The van der Waals surface area contributed by atoms with Crippen LogP contribution in [0.5, 0.6) is 0 Å². The Hall–Kier alpha value is -6.38. The fourth-order valence-corrected chi connectivity index (χ4v) is 6.43. The molecule has 0 fully saturated rings. The average molecular weight is 673 g/mol. The van der Waals surface area contributed by atoms with Crippen LogP contribution in [0.15, 0.2) is 194 Å². The van der Waals surface area contributed by atoms with E-state index in [2.05, 4.69) is 219 Å². The highest BCUT2D eigenvalue weighted by atomic mass is 15.1. The standard InChI is InChI=1S/C38H34N2.C12H10/c1-27-5-15-33(16-6-27)39(34-17-7-28(2)8-18-34)37-23-13-32-26-38(24-14-31(32)25-37)40(35-19-9-29(3)10-20-35)36-21-11-30(4)12-22-36;1-3-7-11(8-4-1)12-9-5-2-6-10-12/h5-26H,1-4H3;1-10H. The number of benzene rings is 8. The van der Waals surface area contributed by atoms with E-state index in [1.807, 2.05) is 12.1 Å². The van der Waals surface area contributed by atoms with Crippen molar-refractivity contribution in [2.75, 3.05) is 9.80 Å². The number of hydrogen-bond acceptors (Lipinski definition) is 2. The van der Waals surface area contributed by atoms with Crippen LogP contribution in [0.25, 0.3) is 21.9 Å². The van der Waals surface area contributed by atoms with Crippen molar-refractivity contribution in [2.45, 2.75) is 27.7 Å². The third-order valence-electron chi connectivity index (χ3n) is 9.37. The van der Waals surface area contributed by atoms with Gasteiger partial charge in [-0.05, 0) is 122 Å². The lowest BCUT2D eigenvalue weighted by molar-refractivity contribution is 1.27. The van der Waals surface area contributed by atoms with Crippen molar-refractivity contribution >= 4 is 44.9 Å². The van der Waals surface area contributed by atoms with Crippen molar-refractivity contribution in [3.63, 3.8) is 0 Å². The molecule has 0 aliphatic rings. The lowest BCUT2D eigenvalue weighted by atomic mass is 10.1. The Morgan fingerprint density at radius 2 is 0.500 bits per heavy atom. The first-order valence-electron chi connectivity index (χ1n) is 17.9. The van der Waals surface area contributed by atoms with Gasteiger partial charge >= 0.3 is 0 Å². The normalized spacial score (nSPS) is 10.7.